The number of aromatic nitrogens is 1. The number of halogens is 1. The van der Waals surface area contributed by atoms with Crippen molar-refractivity contribution in [1.29, 1.82) is 0 Å². The monoisotopic (exact) mass is 290 g/mol. The van der Waals surface area contributed by atoms with Crippen LogP contribution in [0, 0.1) is 0 Å². The molecule has 0 bridgehead atoms. The number of methoxy groups -OCH3 is 1. The molecule has 0 aliphatic heterocycles. The molecule has 3 nitrogen and oxygen atoms in total. The Morgan fingerprint density at radius 2 is 2.15 bits per heavy atom. The maximum atomic E-state index is 6.12. The van der Waals surface area contributed by atoms with Crippen molar-refractivity contribution in [3.05, 3.63) is 52.9 Å². The molecule has 1 aromatic heterocycles. The number of anilines is 1. The molecule has 20 heavy (non-hydrogen) atoms. The second kappa shape index (κ2) is 6.62. The Labute approximate surface area is 125 Å². The van der Waals surface area contributed by atoms with E-state index in [0.717, 1.165) is 29.3 Å². The third-order valence-electron chi connectivity index (χ3n) is 3.35. The first-order valence-electron chi connectivity index (χ1n) is 6.65. The zero-order valence-corrected chi connectivity index (χ0v) is 12.8. The lowest BCUT2D eigenvalue weighted by atomic mass is 10.1. The zero-order chi connectivity index (χ0) is 14.5. The van der Waals surface area contributed by atoms with Gasteiger partial charge in [0.05, 0.1) is 19.0 Å². The van der Waals surface area contributed by atoms with Crippen molar-refractivity contribution >= 4 is 17.3 Å². The summed E-state index contributed by atoms with van der Waals surface area (Å²) in [6, 6.07) is 3.86. The summed E-state index contributed by atoms with van der Waals surface area (Å²) in [7, 11) is 3.65. The van der Waals surface area contributed by atoms with Gasteiger partial charge in [-0.2, -0.15) is 0 Å². The Morgan fingerprint density at radius 1 is 1.35 bits per heavy atom. The molecular formula is C16H19ClN2O. The molecular weight excluding hydrogens is 272 g/mol. The van der Waals surface area contributed by atoms with Gasteiger partial charge in [-0.05, 0) is 30.2 Å². The van der Waals surface area contributed by atoms with E-state index in [1.807, 2.05) is 31.5 Å². The van der Waals surface area contributed by atoms with Crippen LogP contribution in [0.15, 0.2) is 52.9 Å². The van der Waals surface area contributed by atoms with E-state index in [9.17, 15) is 0 Å². The van der Waals surface area contributed by atoms with E-state index in [4.69, 9.17) is 16.3 Å². The topological polar surface area (TPSA) is 25.4 Å². The van der Waals surface area contributed by atoms with Gasteiger partial charge in [0.15, 0.2) is 0 Å². The van der Waals surface area contributed by atoms with Gasteiger partial charge in [0.2, 0.25) is 5.88 Å². The highest BCUT2D eigenvalue weighted by Crippen LogP contribution is 2.28. The molecule has 0 atom stereocenters. The number of hydrogen-bond acceptors (Lipinski definition) is 3. The van der Waals surface area contributed by atoms with Crippen molar-refractivity contribution in [1.82, 2.24) is 4.98 Å². The van der Waals surface area contributed by atoms with Crippen molar-refractivity contribution in [3.8, 4) is 5.88 Å². The Kier molecular flexibility index (Phi) is 4.85. The molecule has 1 aromatic rings. The van der Waals surface area contributed by atoms with Gasteiger partial charge in [-0.1, -0.05) is 24.6 Å². The first-order chi connectivity index (χ1) is 9.65. The average Bonchev–Trinajstić information content (AvgIpc) is 2.68. The van der Waals surface area contributed by atoms with Crippen LogP contribution in [0.3, 0.4) is 0 Å². The van der Waals surface area contributed by atoms with Crippen LogP contribution in [0.5, 0.6) is 5.88 Å². The molecule has 0 radical (unpaired) electrons. The summed E-state index contributed by atoms with van der Waals surface area (Å²) in [5, 5.41) is 0.854. The number of nitrogens with zero attached hydrogens (tertiary/aromatic N) is 2. The number of allylic oxidation sites excluding steroid dienone is 5. The molecule has 1 heterocycles. The lowest BCUT2D eigenvalue weighted by molar-refractivity contribution is 0.398. The molecule has 2 rings (SSSR count). The minimum atomic E-state index is 0.617. The highest BCUT2D eigenvalue weighted by Gasteiger charge is 2.13. The van der Waals surface area contributed by atoms with Crippen LogP contribution in [0.1, 0.15) is 19.8 Å². The Hall–Kier alpha value is -1.74. The molecule has 0 unspecified atom stereocenters. The molecule has 0 fully saturated rings. The van der Waals surface area contributed by atoms with Gasteiger partial charge in [0, 0.05) is 30.3 Å². The van der Waals surface area contributed by atoms with E-state index in [-0.39, 0.29) is 0 Å². The fourth-order valence-corrected chi connectivity index (χ4v) is 2.29. The average molecular weight is 291 g/mol. The molecule has 0 saturated carbocycles. The summed E-state index contributed by atoms with van der Waals surface area (Å²) in [6.07, 6.45) is 9.78. The predicted octanol–water partition coefficient (Wildman–Crippen LogP) is 4.27. The van der Waals surface area contributed by atoms with E-state index in [2.05, 4.69) is 29.0 Å². The molecule has 0 amide bonds. The van der Waals surface area contributed by atoms with E-state index in [0.29, 0.717) is 5.88 Å². The minimum Gasteiger partial charge on any atom is -0.481 e. The summed E-state index contributed by atoms with van der Waals surface area (Å²) >= 11 is 6.12. The SMILES string of the molecule is CCC1=CCC(Cl)=CC=C1N(C)c1ccc(OC)nc1. The highest BCUT2D eigenvalue weighted by atomic mass is 35.5. The normalized spacial score (nSPS) is 14.9. The third-order valence-corrected chi connectivity index (χ3v) is 3.63. The molecule has 0 aromatic carbocycles. The van der Waals surface area contributed by atoms with Crippen molar-refractivity contribution in [3.63, 3.8) is 0 Å². The molecule has 4 heteroatoms. The van der Waals surface area contributed by atoms with Gasteiger partial charge in [-0.25, -0.2) is 4.98 Å². The number of pyridine rings is 1. The Balaban J connectivity index is 2.31. The van der Waals surface area contributed by atoms with Gasteiger partial charge in [0.25, 0.3) is 0 Å². The van der Waals surface area contributed by atoms with Crippen molar-refractivity contribution < 1.29 is 4.74 Å². The van der Waals surface area contributed by atoms with Crippen LogP contribution < -0.4 is 9.64 Å². The van der Waals surface area contributed by atoms with Gasteiger partial charge < -0.3 is 9.64 Å². The smallest absolute Gasteiger partial charge is 0.213 e. The summed E-state index contributed by atoms with van der Waals surface area (Å²) in [5.74, 6) is 0.617. The quantitative estimate of drug-likeness (QED) is 0.828. The highest BCUT2D eigenvalue weighted by molar-refractivity contribution is 6.29. The Bertz CT molecular complexity index is 558. The maximum absolute atomic E-state index is 6.12. The number of rotatable bonds is 4. The van der Waals surface area contributed by atoms with Crippen LogP contribution in [-0.4, -0.2) is 19.1 Å². The second-order valence-electron chi connectivity index (χ2n) is 4.57. The standard InChI is InChI=1S/C16H19ClN2O/c1-4-12-5-6-13(17)7-9-15(12)19(2)14-8-10-16(20-3)18-11-14/h5,7-11H,4,6H2,1-3H3. The summed E-state index contributed by atoms with van der Waals surface area (Å²) in [6.45, 7) is 2.15. The fraction of sp³-hybridized carbons (Fsp3) is 0.312. The number of ether oxygens (including phenoxy) is 1. The van der Waals surface area contributed by atoms with Gasteiger partial charge in [-0.3, -0.25) is 0 Å². The van der Waals surface area contributed by atoms with Crippen LogP contribution in [0.2, 0.25) is 0 Å². The lowest BCUT2D eigenvalue weighted by Gasteiger charge is -2.24. The lowest BCUT2D eigenvalue weighted by Crippen LogP contribution is -2.18. The van der Waals surface area contributed by atoms with Crippen LogP contribution in [0.25, 0.3) is 0 Å². The van der Waals surface area contributed by atoms with Crippen LogP contribution >= 0.6 is 11.6 Å². The fourth-order valence-electron chi connectivity index (χ4n) is 2.15. The van der Waals surface area contributed by atoms with E-state index in [1.165, 1.54) is 5.57 Å². The number of hydrogen-bond donors (Lipinski definition) is 0. The zero-order valence-electron chi connectivity index (χ0n) is 12.1. The largest absolute Gasteiger partial charge is 0.481 e. The van der Waals surface area contributed by atoms with Crippen LogP contribution in [-0.2, 0) is 0 Å². The maximum Gasteiger partial charge on any atom is 0.213 e. The second-order valence-corrected chi connectivity index (χ2v) is 5.06. The molecule has 106 valence electrons. The van der Waals surface area contributed by atoms with Gasteiger partial charge in [0.1, 0.15) is 0 Å². The van der Waals surface area contributed by atoms with Crippen molar-refractivity contribution in [2.24, 2.45) is 0 Å². The molecule has 0 N–H and O–H groups in total. The van der Waals surface area contributed by atoms with Gasteiger partial charge in [-0.15, -0.1) is 0 Å². The van der Waals surface area contributed by atoms with E-state index < -0.39 is 0 Å². The van der Waals surface area contributed by atoms with Crippen molar-refractivity contribution in [2.75, 3.05) is 19.1 Å². The van der Waals surface area contributed by atoms with E-state index in [1.54, 1.807) is 7.11 Å². The van der Waals surface area contributed by atoms with Crippen LogP contribution in [0.4, 0.5) is 5.69 Å². The predicted molar refractivity (Wildman–Crippen MR) is 84.2 cm³/mol. The van der Waals surface area contributed by atoms with E-state index >= 15 is 0 Å². The molecule has 0 spiro atoms. The number of likely N-dealkylation sites (N-methyl/N-ethyl adjacent to an activating group) is 1. The molecule has 1 aliphatic carbocycles. The van der Waals surface area contributed by atoms with Gasteiger partial charge >= 0.3 is 0 Å². The summed E-state index contributed by atoms with van der Waals surface area (Å²) in [4.78, 5) is 6.37. The minimum absolute atomic E-state index is 0.617. The first-order valence-corrected chi connectivity index (χ1v) is 7.03. The third kappa shape index (κ3) is 3.23. The molecule has 1 aliphatic rings. The Morgan fingerprint density at radius 3 is 2.75 bits per heavy atom. The van der Waals surface area contributed by atoms with Crippen molar-refractivity contribution in [2.45, 2.75) is 19.8 Å². The first kappa shape index (κ1) is 14.7. The molecule has 0 saturated heterocycles. The summed E-state index contributed by atoms with van der Waals surface area (Å²) < 4.78 is 5.09. The summed E-state index contributed by atoms with van der Waals surface area (Å²) in [5.41, 5.74) is 3.45.